The van der Waals surface area contributed by atoms with Gasteiger partial charge in [-0.1, -0.05) is 37.6 Å². The van der Waals surface area contributed by atoms with Gasteiger partial charge in [0.25, 0.3) is 0 Å². The van der Waals surface area contributed by atoms with Crippen LogP contribution < -0.4 is 0 Å². The van der Waals surface area contributed by atoms with Gasteiger partial charge in [0.15, 0.2) is 5.78 Å². The first kappa shape index (κ1) is 13.6. The Morgan fingerprint density at radius 1 is 1.28 bits per heavy atom. The third-order valence-electron chi connectivity index (χ3n) is 3.43. The molecule has 1 aliphatic rings. The van der Waals surface area contributed by atoms with Crippen molar-refractivity contribution < 1.29 is 4.79 Å². The second kappa shape index (κ2) is 5.07. The van der Waals surface area contributed by atoms with Crippen molar-refractivity contribution in [1.29, 1.82) is 0 Å². The molecular formula is C15H16Cl2O. The molecule has 1 saturated carbocycles. The number of benzene rings is 1. The third kappa shape index (κ3) is 2.78. The molecule has 2 rings (SSSR count). The van der Waals surface area contributed by atoms with Gasteiger partial charge < -0.3 is 0 Å². The van der Waals surface area contributed by atoms with Crippen molar-refractivity contribution in [2.45, 2.75) is 32.1 Å². The van der Waals surface area contributed by atoms with E-state index in [1.165, 1.54) is 0 Å². The van der Waals surface area contributed by atoms with E-state index in [-0.39, 0.29) is 16.6 Å². The summed E-state index contributed by atoms with van der Waals surface area (Å²) >= 11 is 12.1. The van der Waals surface area contributed by atoms with Crippen LogP contribution in [-0.4, -0.2) is 11.2 Å². The smallest absolute Gasteiger partial charge is 0.165 e. The van der Waals surface area contributed by atoms with Gasteiger partial charge in [-0.25, -0.2) is 0 Å². The summed E-state index contributed by atoms with van der Waals surface area (Å²) < 4.78 is 0. The Kier molecular flexibility index (Phi) is 3.84. The molecule has 0 radical (unpaired) electrons. The fourth-order valence-electron chi connectivity index (χ4n) is 2.18. The van der Waals surface area contributed by atoms with Crippen LogP contribution in [0.25, 0.3) is 6.08 Å². The summed E-state index contributed by atoms with van der Waals surface area (Å²) in [6, 6.07) is 7.42. The van der Waals surface area contributed by atoms with Crippen molar-refractivity contribution >= 4 is 35.1 Å². The molecule has 0 bridgehead atoms. The molecule has 0 N–H and O–H groups in total. The zero-order chi connectivity index (χ0) is 13.3. The minimum Gasteiger partial charge on any atom is -0.294 e. The van der Waals surface area contributed by atoms with E-state index in [1.54, 1.807) is 0 Å². The number of rotatable bonds is 1. The molecule has 1 atom stereocenters. The molecule has 0 spiro atoms. The normalized spacial score (nSPS) is 25.4. The summed E-state index contributed by atoms with van der Waals surface area (Å²) in [4.78, 5) is 12.3. The molecule has 3 heteroatoms. The number of ketones is 1. The van der Waals surface area contributed by atoms with E-state index in [4.69, 9.17) is 23.2 Å². The molecule has 0 heterocycles. The first-order valence-electron chi connectivity index (χ1n) is 6.06. The van der Waals surface area contributed by atoms with Crippen molar-refractivity contribution in [2.24, 2.45) is 5.41 Å². The van der Waals surface area contributed by atoms with Gasteiger partial charge in [0.2, 0.25) is 0 Å². The zero-order valence-electron chi connectivity index (χ0n) is 10.5. The molecule has 1 aromatic carbocycles. The maximum Gasteiger partial charge on any atom is 0.165 e. The van der Waals surface area contributed by atoms with Crippen molar-refractivity contribution in [3.8, 4) is 0 Å². The highest BCUT2D eigenvalue weighted by molar-refractivity contribution is 6.30. The van der Waals surface area contributed by atoms with Gasteiger partial charge in [-0.2, -0.15) is 0 Å². The predicted octanol–water partition coefficient (Wildman–Crippen LogP) is 4.72. The zero-order valence-corrected chi connectivity index (χ0v) is 12.1. The molecule has 96 valence electrons. The van der Waals surface area contributed by atoms with Crippen LogP contribution in [-0.2, 0) is 4.79 Å². The van der Waals surface area contributed by atoms with Crippen LogP contribution in [0.5, 0.6) is 0 Å². The van der Waals surface area contributed by atoms with Crippen LogP contribution in [0.1, 0.15) is 32.3 Å². The Morgan fingerprint density at radius 2 is 1.89 bits per heavy atom. The average Bonchev–Trinajstić information content (AvgIpc) is 2.33. The lowest BCUT2D eigenvalue weighted by Crippen LogP contribution is -2.34. The summed E-state index contributed by atoms with van der Waals surface area (Å²) in [5.74, 6) is 0.156. The van der Waals surface area contributed by atoms with E-state index < -0.39 is 0 Å². The summed E-state index contributed by atoms with van der Waals surface area (Å²) in [7, 11) is 0. The van der Waals surface area contributed by atoms with Crippen LogP contribution in [0, 0.1) is 5.41 Å². The maximum absolute atomic E-state index is 12.3. The topological polar surface area (TPSA) is 17.1 Å². The number of allylic oxidation sites excluding steroid dienone is 1. The van der Waals surface area contributed by atoms with Gasteiger partial charge in [0.1, 0.15) is 0 Å². The van der Waals surface area contributed by atoms with Gasteiger partial charge in [0.05, 0.1) is 5.38 Å². The van der Waals surface area contributed by atoms with E-state index in [1.807, 2.05) is 44.2 Å². The van der Waals surface area contributed by atoms with Crippen molar-refractivity contribution in [3.05, 3.63) is 40.4 Å². The summed E-state index contributed by atoms with van der Waals surface area (Å²) in [5, 5.41) is 0.510. The second-order valence-electron chi connectivity index (χ2n) is 5.37. The van der Waals surface area contributed by atoms with E-state index >= 15 is 0 Å². The van der Waals surface area contributed by atoms with Gasteiger partial charge in [-0.3, -0.25) is 4.79 Å². The van der Waals surface area contributed by atoms with Crippen molar-refractivity contribution in [2.75, 3.05) is 0 Å². The third-order valence-corrected chi connectivity index (χ3v) is 4.13. The number of carbonyl (C=O) groups is 1. The Morgan fingerprint density at radius 3 is 2.50 bits per heavy atom. The van der Waals surface area contributed by atoms with Crippen LogP contribution in [0.4, 0.5) is 0 Å². The summed E-state index contributed by atoms with van der Waals surface area (Å²) in [5.41, 5.74) is 1.38. The SMILES string of the molecule is CC1(C)CCC(Cl)C(=Cc2ccc(Cl)cc2)C1=O. The fraction of sp³-hybridized carbons (Fsp3) is 0.400. The van der Waals surface area contributed by atoms with Crippen LogP contribution in [0.15, 0.2) is 29.8 Å². The van der Waals surface area contributed by atoms with Crippen LogP contribution in [0.2, 0.25) is 5.02 Å². The largest absolute Gasteiger partial charge is 0.294 e. The Hall–Kier alpha value is -0.790. The van der Waals surface area contributed by atoms with E-state index in [2.05, 4.69) is 0 Å². The van der Waals surface area contributed by atoms with Crippen LogP contribution in [0.3, 0.4) is 0 Å². The Balaban J connectivity index is 2.35. The van der Waals surface area contributed by atoms with Crippen molar-refractivity contribution in [1.82, 2.24) is 0 Å². The van der Waals surface area contributed by atoms with Gasteiger partial charge in [-0.05, 0) is 36.6 Å². The van der Waals surface area contributed by atoms with Crippen molar-refractivity contribution in [3.63, 3.8) is 0 Å². The monoisotopic (exact) mass is 282 g/mol. The molecule has 18 heavy (non-hydrogen) atoms. The molecule has 1 aliphatic carbocycles. The van der Waals surface area contributed by atoms with Gasteiger partial charge in [-0.15, -0.1) is 11.6 Å². The standard InChI is InChI=1S/C15H16Cl2O/c1-15(2)8-7-13(17)12(14(15)18)9-10-3-5-11(16)6-4-10/h3-6,9,13H,7-8H2,1-2H3. The molecule has 0 amide bonds. The van der Waals surface area contributed by atoms with Gasteiger partial charge in [0, 0.05) is 16.0 Å². The average molecular weight is 283 g/mol. The lowest BCUT2D eigenvalue weighted by molar-refractivity contribution is -0.124. The number of alkyl halides is 1. The van der Waals surface area contributed by atoms with E-state index in [0.29, 0.717) is 5.02 Å². The first-order chi connectivity index (χ1) is 8.40. The fourth-order valence-corrected chi connectivity index (χ4v) is 2.58. The molecule has 0 aromatic heterocycles. The number of hydrogen-bond acceptors (Lipinski definition) is 1. The quantitative estimate of drug-likeness (QED) is 0.538. The summed E-state index contributed by atoms with van der Waals surface area (Å²) in [6.45, 7) is 3.96. The molecular weight excluding hydrogens is 267 g/mol. The predicted molar refractivity (Wildman–Crippen MR) is 77.1 cm³/mol. The number of halogens is 2. The highest BCUT2D eigenvalue weighted by atomic mass is 35.5. The molecule has 0 saturated heterocycles. The number of hydrogen-bond donors (Lipinski definition) is 0. The van der Waals surface area contributed by atoms with Gasteiger partial charge >= 0.3 is 0 Å². The molecule has 1 unspecified atom stereocenters. The molecule has 1 fully saturated rings. The van der Waals surface area contributed by atoms with Crippen LogP contribution >= 0.6 is 23.2 Å². The van der Waals surface area contributed by atoms with E-state index in [0.717, 1.165) is 24.0 Å². The minimum atomic E-state index is -0.302. The number of Topliss-reactive ketones (excluding diaryl/α,β-unsaturated/α-hetero) is 1. The Bertz CT molecular complexity index is 486. The lowest BCUT2D eigenvalue weighted by Gasteiger charge is -2.32. The highest BCUT2D eigenvalue weighted by Gasteiger charge is 2.37. The highest BCUT2D eigenvalue weighted by Crippen LogP contribution is 2.38. The minimum absolute atomic E-state index is 0.156. The second-order valence-corrected chi connectivity index (χ2v) is 6.33. The number of carbonyl (C=O) groups excluding carboxylic acids is 1. The Labute approximate surface area is 118 Å². The molecule has 1 nitrogen and oxygen atoms in total. The van der Waals surface area contributed by atoms with E-state index in [9.17, 15) is 4.79 Å². The lowest BCUT2D eigenvalue weighted by atomic mass is 9.73. The molecule has 1 aromatic rings. The molecule has 0 aliphatic heterocycles. The maximum atomic E-state index is 12.3. The summed E-state index contributed by atoms with van der Waals surface area (Å²) in [6.07, 6.45) is 3.58. The first-order valence-corrected chi connectivity index (χ1v) is 6.87.